The molecule has 236 valence electrons. The van der Waals surface area contributed by atoms with Gasteiger partial charge in [0.15, 0.2) is 0 Å². The van der Waals surface area contributed by atoms with E-state index in [4.69, 9.17) is 0 Å². The van der Waals surface area contributed by atoms with Crippen molar-refractivity contribution in [1.29, 1.82) is 0 Å². The van der Waals surface area contributed by atoms with Gasteiger partial charge in [-0.25, -0.2) is 0 Å². The molecule has 8 aromatic rings. The molecule has 0 aromatic heterocycles. The van der Waals surface area contributed by atoms with Crippen LogP contribution in [0.15, 0.2) is 212 Å². The summed E-state index contributed by atoms with van der Waals surface area (Å²) in [7, 11) is 0. The average Bonchev–Trinajstić information content (AvgIpc) is 3.53. The maximum Gasteiger partial charge on any atom is 0.0714 e. The van der Waals surface area contributed by atoms with Crippen LogP contribution in [0.2, 0.25) is 0 Å². The smallest absolute Gasteiger partial charge is 0.0714 e. The first kappa shape index (κ1) is 25.6. The summed E-state index contributed by atoms with van der Waals surface area (Å²) >= 11 is 0. The molecule has 0 heterocycles. The number of benzene rings is 8. The van der Waals surface area contributed by atoms with Crippen LogP contribution in [0.25, 0.3) is 33.4 Å². The molecule has 50 heavy (non-hydrogen) atoms. The van der Waals surface area contributed by atoms with E-state index in [0.717, 1.165) is 50.3 Å². The van der Waals surface area contributed by atoms with Gasteiger partial charge in [-0.1, -0.05) is 182 Å². The molecule has 0 bridgehead atoms. The van der Waals surface area contributed by atoms with Crippen LogP contribution in [0.3, 0.4) is 0 Å². The Balaban J connectivity index is 1.38. The highest BCUT2D eigenvalue weighted by atomic mass is 15.1. The highest BCUT2D eigenvalue weighted by Gasteiger charge is 2.46. The summed E-state index contributed by atoms with van der Waals surface area (Å²) in [5.74, 6) is 0. The topological polar surface area (TPSA) is 3.24 Å². The van der Waals surface area contributed by atoms with Gasteiger partial charge >= 0.3 is 0 Å². The van der Waals surface area contributed by atoms with E-state index in [0.29, 0.717) is 5.56 Å². The second-order valence-corrected chi connectivity index (χ2v) is 12.6. The van der Waals surface area contributed by atoms with Crippen molar-refractivity contribution in [2.75, 3.05) is 4.90 Å². The van der Waals surface area contributed by atoms with Gasteiger partial charge in [0.25, 0.3) is 0 Å². The van der Waals surface area contributed by atoms with E-state index >= 15 is 0 Å². The molecule has 0 fully saturated rings. The summed E-state index contributed by atoms with van der Waals surface area (Å²) in [6, 6.07) is 63.2. The highest BCUT2D eigenvalue weighted by Crippen LogP contribution is 2.57. The van der Waals surface area contributed by atoms with E-state index in [-0.39, 0.29) is 35.4 Å². The Hall–Kier alpha value is -6.44. The molecule has 0 unspecified atom stereocenters. The molecule has 1 heteroatoms. The molecule has 9 rings (SSSR count). The van der Waals surface area contributed by atoms with Crippen LogP contribution in [-0.4, -0.2) is 0 Å². The van der Waals surface area contributed by atoms with Gasteiger partial charge in [-0.05, 0) is 80.4 Å². The van der Waals surface area contributed by atoms with Crippen molar-refractivity contribution < 1.29 is 5.48 Å². The van der Waals surface area contributed by atoms with Gasteiger partial charge in [0.05, 0.1) is 16.6 Å². The minimum absolute atomic E-state index is 0.0872. The number of hydrogen-bond acceptors (Lipinski definition) is 1. The lowest BCUT2D eigenvalue weighted by molar-refractivity contribution is 0.768. The highest BCUT2D eigenvalue weighted by molar-refractivity contribution is 5.92. The van der Waals surface area contributed by atoms with Crippen molar-refractivity contribution in [1.82, 2.24) is 0 Å². The molecule has 0 amide bonds. The van der Waals surface area contributed by atoms with E-state index in [2.05, 4.69) is 103 Å². The SMILES string of the molecule is [2H]c1c([2H])c(N(c2ccc3c(c2)C(c2ccccc2)(c2ccccc2)c2ccccc2-3)c2ccccc2-c2ccccc2)c([2H])c([2H])c1-c1ccccc1. The molecule has 0 aliphatic heterocycles. The Labute approximate surface area is 300 Å². The summed E-state index contributed by atoms with van der Waals surface area (Å²) in [6.07, 6.45) is 0. The molecule has 0 saturated heterocycles. The number of fused-ring (bicyclic) bond motifs is 3. The fourth-order valence-corrected chi connectivity index (χ4v) is 7.66. The largest absolute Gasteiger partial charge is 0.310 e. The number of nitrogens with zero attached hydrogens (tertiary/aromatic N) is 1. The summed E-state index contributed by atoms with van der Waals surface area (Å²) in [4.78, 5) is 1.93. The van der Waals surface area contributed by atoms with Gasteiger partial charge in [-0.2, -0.15) is 0 Å². The van der Waals surface area contributed by atoms with Crippen molar-refractivity contribution in [3.63, 3.8) is 0 Å². The number of rotatable bonds is 7. The first-order chi connectivity index (χ1) is 26.5. The third-order valence-electron chi connectivity index (χ3n) is 9.83. The van der Waals surface area contributed by atoms with Crippen molar-refractivity contribution in [3.05, 3.63) is 234 Å². The predicted octanol–water partition coefficient (Wildman–Crippen LogP) is 12.9. The van der Waals surface area contributed by atoms with E-state index in [1.165, 1.54) is 5.56 Å². The third-order valence-corrected chi connectivity index (χ3v) is 9.83. The summed E-state index contributed by atoms with van der Waals surface area (Å²) < 4.78 is 37.9. The van der Waals surface area contributed by atoms with Gasteiger partial charge in [0.2, 0.25) is 0 Å². The van der Waals surface area contributed by atoms with Crippen LogP contribution < -0.4 is 4.90 Å². The van der Waals surface area contributed by atoms with Gasteiger partial charge in [-0.15, -0.1) is 0 Å². The van der Waals surface area contributed by atoms with Gasteiger partial charge in [0, 0.05) is 16.9 Å². The normalized spacial score (nSPS) is 13.7. The first-order valence-corrected chi connectivity index (χ1v) is 17.0. The maximum atomic E-state index is 9.60. The lowest BCUT2D eigenvalue weighted by atomic mass is 9.67. The fourth-order valence-electron chi connectivity index (χ4n) is 7.66. The second kappa shape index (κ2) is 12.5. The van der Waals surface area contributed by atoms with E-state index < -0.39 is 5.41 Å². The zero-order valence-electron chi connectivity index (χ0n) is 31.3. The molecular formula is C49H35N. The Morgan fingerprint density at radius 3 is 1.50 bits per heavy atom. The minimum Gasteiger partial charge on any atom is -0.310 e. The maximum absolute atomic E-state index is 9.60. The molecule has 0 N–H and O–H groups in total. The molecule has 0 spiro atoms. The van der Waals surface area contributed by atoms with Crippen LogP contribution in [0.1, 0.15) is 27.7 Å². The Bertz CT molecular complexity index is 2570. The number of anilines is 3. The molecule has 1 nitrogen and oxygen atoms in total. The van der Waals surface area contributed by atoms with Gasteiger partial charge < -0.3 is 4.90 Å². The monoisotopic (exact) mass is 641 g/mol. The summed E-state index contributed by atoms with van der Waals surface area (Å²) in [5.41, 5.74) is 10.6. The van der Waals surface area contributed by atoms with Crippen LogP contribution in [0, 0.1) is 0 Å². The van der Waals surface area contributed by atoms with Gasteiger partial charge in [-0.3, -0.25) is 0 Å². The minimum atomic E-state index is -0.666. The zero-order chi connectivity index (χ0) is 36.8. The van der Waals surface area contributed by atoms with Gasteiger partial charge in [0.1, 0.15) is 0 Å². The molecule has 0 saturated carbocycles. The summed E-state index contributed by atoms with van der Waals surface area (Å²) in [5, 5.41) is 0. The van der Waals surface area contributed by atoms with Crippen molar-refractivity contribution in [3.8, 4) is 33.4 Å². The molecule has 1 aliphatic carbocycles. The molecule has 0 atom stereocenters. The van der Waals surface area contributed by atoms with E-state index in [1.54, 1.807) is 0 Å². The molecule has 8 aromatic carbocycles. The number of hydrogen-bond donors (Lipinski definition) is 0. The lowest BCUT2D eigenvalue weighted by Crippen LogP contribution is -2.28. The Kier molecular flexibility index (Phi) is 6.41. The Morgan fingerprint density at radius 2 is 0.860 bits per heavy atom. The van der Waals surface area contributed by atoms with Crippen LogP contribution in [-0.2, 0) is 5.41 Å². The Morgan fingerprint density at radius 1 is 0.360 bits per heavy atom. The predicted molar refractivity (Wildman–Crippen MR) is 209 cm³/mol. The standard InChI is InChI=1S/C49H35N/c1-5-17-36(18-6-1)37-29-31-41(32-30-37)50(48-28-16-14-25-43(48)38-19-7-2-8-20-38)42-33-34-45-44-26-13-15-27-46(44)49(47(45)35-42,39-21-9-3-10-22-39)40-23-11-4-12-24-40/h1-35H/i29D,30D,31D,32D. The van der Waals surface area contributed by atoms with Crippen LogP contribution in [0.5, 0.6) is 0 Å². The molecule has 0 radical (unpaired) electrons. The van der Waals surface area contributed by atoms with Crippen molar-refractivity contribution in [2.24, 2.45) is 0 Å². The van der Waals surface area contributed by atoms with Crippen molar-refractivity contribution in [2.45, 2.75) is 5.41 Å². The quantitative estimate of drug-likeness (QED) is 0.167. The third kappa shape index (κ3) is 4.86. The molecular weight excluding hydrogens is 603 g/mol. The summed E-state index contributed by atoms with van der Waals surface area (Å²) in [6.45, 7) is 0. The molecule has 1 aliphatic rings. The number of para-hydroxylation sites is 1. The van der Waals surface area contributed by atoms with Crippen LogP contribution in [0.4, 0.5) is 17.1 Å². The fraction of sp³-hybridized carbons (Fsp3) is 0.0204. The lowest BCUT2D eigenvalue weighted by Gasteiger charge is -2.35. The first-order valence-electron chi connectivity index (χ1n) is 19.0. The van der Waals surface area contributed by atoms with E-state index in [1.807, 2.05) is 89.8 Å². The second-order valence-electron chi connectivity index (χ2n) is 12.6. The van der Waals surface area contributed by atoms with Crippen molar-refractivity contribution >= 4 is 17.1 Å². The van der Waals surface area contributed by atoms with E-state index in [9.17, 15) is 5.48 Å². The average molecular weight is 642 g/mol. The van der Waals surface area contributed by atoms with Crippen LogP contribution >= 0.6 is 0 Å². The zero-order valence-corrected chi connectivity index (χ0v) is 27.3.